The number of methoxy groups -OCH3 is 1. The molecule has 0 saturated heterocycles. The van der Waals surface area contributed by atoms with Crippen molar-refractivity contribution in [2.45, 2.75) is 38.4 Å². The average molecular weight is 158 g/mol. The lowest BCUT2D eigenvalue weighted by atomic mass is 10.1. The van der Waals surface area contributed by atoms with Crippen molar-refractivity contribution in [2.75, 3.05) is 7.11 Å². The van der Waals surface area contributed by atoms with E-state index in [9.17, 15) is 5.11 Å². The molecule has 2 heteroatoms. The van der Waals surface area contributed by atoms with E-state index in [2.05, 4.69) is 13.5 Å². The molecule has 2 unspecified atom stereocenters. The fourth-order valence-corrected chi connectivity index (χ4v) is 1.07. The Balaban J connectivity index is 3.70. The highest BCUT2D eigenvalue weighted by molar-refractivity contribution is 4.77. The summed E-state index contributed by atoms with van der Waals surface area (Å²) in [6.45, 7) is 5.64. The van der Waals surface area contributed by atoms with Gasteiger partial charge in [-0.1, -0.05) is 19.4 Å². The zero-order valence-electron chi connectivity index (χ0n) is 7.42. The van der Waals surface area contributed by atoms with Gasteiger partial charge in [-0.05, 0) is 12.8 Å². The second kappa shape index (κ2) is 6.38. The Labute approximate surface area is 68.9 Å². The second-order valence-electron chi connectivity index (χ2n) is 2.65. The Morgan fingerprint density at radius 3 is 2.64 bits per heavy atom. The minimum atomic E-state index is -0.391. The van der Waals surface area contributed by atoms with Gasteiger partial charge in [-0.2, -0.15) is 0 Å². The van der Waals surface area contributed by atoms with Crippen LogP contribution in [0.4, 0.5) is 0 Å². The zero-order valence-corrected chi connectivity index (χ0v) is 7.42. The molecule has 0 aromatic rings. The van der Waals surface area contributed by atoms with Crippen LogP contribution in [-0.2, 0) is 4.74 Å². The molecule has 2 nitrogen and oxygen atoms in total. The first-order valence-corrected chi connectivity index (χ1v) is 4.08. The fourth-order valence-electron chi connectivity index (χ4n) is 1.07. The van der Waals surface area contributed by atoms with E-state index in [1.165, 1.54) is 0 Å². The second-order valence-corrected chi connectivity index (χ2v) is 2.65. The van der Waals surface area contributed by atoms with Gasteiger partial charge >= 0.3 is 0 Å². The summed E-state index contributed by atoms with van der Waals surface area (Å²) in [5.74, 6) is 0. The third-order valence-electron chi connectivity index (χ3n) is 1.71. The highest BCUT2D eigenvalue weighted by atomic mass is 16.5. The topological polar surface area (TPSA) is 29.5 Å². The quantitative estimate of drug-likeness (QED) is 0.597. The summed E-state index contributed by atoms with van der Waals surface area (Å²) in [5, 5.41) is 9.44. The van der Waals surface area contributed by atoms with E-state index in [1.54, 1.807) is 13.2 Å². The first kappa shape index (κ1) is 10.7. The van der Waals surface area contributed by atoms with Crippen LogP contribution in [-0.4, -0.2) is 24.4 Å². The van der Waals surface area contributed by atoms with Crippen molar-refractivity contribution in [1.82, 2.24) is 0 Å². The largest absolute Gasteiger partial charge is 0.390 e. The number of rotatable bonds is 6. The first-order valence-electron chi connectivity index (χ1n) is 4.08. The third kappa shape index (κ3) is 4.17. The van der Waals surface area contributed by atoms with Gasteiger partial charge in [0, 0.05) is 7.11 Å². The zero-order chi connectivity index (χ0) is 8.69. The van der Waals surface area contributed by atoms with E-state index in [0.717, 1.165) is 12.8 Å². The van der Waals surface area contributed by atoms with E-state index in [0.29, 0.717) is 6.42 Å². The minimum Gasteiger partial charge on any atom is -0.390 e. The molecule has 0 amide bonds. The van der Waals surface area contributed by atoms with Crippen molar-refractivity contribution < 1.29 is 9.84 Å². The van der Waals surface area contributed by atoms with E-state index in [1.807, 2.05) is 0 Å². The molecule has 0 spiro atoms. The molecular formula is C9H18O2. The summed E-state index contributed by atoms with van der Waals surface area (Å²) < 4.78 is 5.11. The molecule has 0 heterocycles. The van der Waals surface area contributed by atoms with Crippen molar-refractivity contribution >= 4 is 0 Å². The van der Waals surface area contributed by atoms with Crippen LogP contribution in [0.3, 0.4) is 0 Å². The van der Waals surface area contributed by atoms with Gasteiger partial charge in [0.05, 0.1) is 12.2 Å². The standard InChI is InChI=1S/C9H18O2/c1-4-6-8(10)9(11-3)7-5-2/h4,8-10H,1,5-7H2,2-3H3. The van der Waals surface area contributed by atoms with Crippen LogP contribution in [0.15, 0.2) is 12.7 Å². The first-order chi connectivity index (χ1) is 5.26. The molecule has 0 aromatic heterocycles. The van der Waals surface area contributed by atoms with E-state index >= 15 is 0 Å². The van der Waals surface area contributed by atoms with Crippen LogP contribution in [0.1, 0.15) is 26.2 Å². The molecule has 66 valence electrons. The molecule has 0 aliphatic heterocycles. The van der Waals surface area contributed by atoms with Crippen molar-refractivity contribution in [3.05, 3.63) is 12.7 Å². The van der Waals surface area contributed by atoms with Crippen LogP contribution in [0.2, 0.25) is 0 Å². The molecule has 0 saturated carbocycles. The lowest BCUT2D eigenvalue weighted by molar-refractivity contribution is -0.0146. The fraction of sp³-hybridized carbons (Fsp3) is 0.778. The molecule has 0 fully saturated rings. The molecule has 2 atom stereocenters. The molecule has 0 aromatic carbocycles. The Morgan fingerprint density at radius 2 is 2.27 bits per heavy atom. The van der Waals surface area contributed by atoms with Crippen LogP contribution in [0, 0.1) is 0 Å². The monoisotopic (exact) mass is 158 g/mol. The van der Waals surface area contributed by atoms with Crippen molar-refractivity contribution in [3.8, 4) is 0 Å². The molecule has 1 N–H and O–H groups in total. The number of ether oxygens (including phenoxy) is 1. The van der Waals surface area contributed by atoms with Gasteiger partial charge < -0.3 is 9.84 Å². The van der Waals surface area contributed by atoms with E-state index in [4.69, 9.17) is 4.74 Å². The lowest BCUT2D eigenvalue weighted by Gasteiger charge is -2.19. The molecule has 0 rings (SSSR count). The molecule has 0 aliphatic carbocycles. The highest BCUT2D eigenvalue weighted by Gasteiger charge is 2.15. The summed E-state index contributed by atoms with van der Waals surface area (Å²) in [6, 6.07) is 0. The van der Waals surface area contributed by atoms with Crippen LogP contribution in [0.25, 0.3) is 0 Å². The van der Waals surface area contributed by atoms with Crippen molar-refractivity contribution in [1.29, 1.82) is 0 Å². The molecule has 0 bridgehead atoms. The van der Waals surface area contributed by atoms with Gasteiger partial charge in [0.15, 0.2) is 0 Å². The Kier molecular flexibility index (Phi) is 6.18. The maximum atomic E-state index is 9.44. The average Bonchev–Trinajstić information content (AvgIpc) is 2.00. The van der Waals surface area contributed by atoms with E-state index < -0.39 is 6.10 Å². The van der Waals surface area contributed by atoms with Gasteiger partial charge in [-0.25, -0.2) is 0 Å². The van der Waals surface area contributed by atoms with Gasteiger partial charge in [0.2, 0.25) is 0 Å². The van der Waals surface area contributed by atoms with Gasteiger partial charge in [0.1, 0.15) is 0 Å². The number of aliphatic hydroxyl groups is 1. The maximum Gasteiger partial charge on any atom is 0.0835 e. The summed E-state index contributed by atoms with van der Waals surface area (Å²) in [7, 11) is 1.63. The third-order valence-corrected chi connectivity index (χ3v) is 1.71. The molecule has 0 aliphatic rings. The van der Waals surface area contributed by atoms with Gasteiger partial charge in [-0.3, -0.25) is 0 Å². The van der Waals surface area contributed by atoms with Gasteiger partial charge in [-0.15, -0.1) is 6.58 Å². The van der Waals surface area contributed by atoms with Gasteiger partial charge in [0.25, 0.3) is 0 Å². The Morgan fingerprint density at radius 1 is 1.64 bits per heavy atom. The molecule has 0 radical (unpaired) electrons. The predicted molar refractivity (Wildman–Crippen MR) is 46.5 cm³/mol. The highest BCUT2D eigenvalue weighted by Crippen LogP contribution is 2.09. The minimum absolute atomic E-state index is 0.0296. The number of hydrogen-bond acceptors (Lipinski definition) is 2. The summed E-state index contributed by atoms with van der Waals surface area (Å²) in [6.07, 6.45) is 3.85. The Bertz CT molecular complexity index is 102. The summed E-state index contributed by atoms with van der Waals surface area (Å²) in [4.78, 5) is 0. The van der Waals surface area contributed by atoms with Crippen LogP contribution in [0.5, 0.6) is 0 Å². The summed E-state index contributed by atoms with van der Waals surface area (Å²) >= 11 is 0. The van der Waals surface area contributed by atoms with E-state index in [-0.39, 0.29) is 6.10 Å². The number of aliphatic hydroxyl groups excluding tert-OH is 1. The van der Waals surface area contributed by atoms with Crippen LogP contribution >= 0.6 is 0 Å². The van der Waals surface area contributed by atoms with Crippen molar-refractivity contribution in [3.63, 3.8) is 0 Å². The SMILES string of the molecule is C=CCC(O)C(CCC)OC. The predicted octanol–water partition coefficient (Wildman–Crippen LogP) is 1.74. The molecular weight excluding hydrogens is 140 g/mol. The number of hydrogen-bond donors (Lipinski definition) is 1. The maximum absolute atomic E-state index is 9.44. The Hall–Kier alpha value is -0.340. The normalized spacial score (nSPS) is 15.9. The smallest absolute Gasteiger partial charge is 0.0835 e. The van der Waals surface area contributed by atoms with Crippen LogP contribution < -0.4 is 0 Å². The summed E-state index contributed by atoms with van der Waals surface area (Å²) in [5.41, 5.74) is 0. The van der Waals surface area contributed by atoms with Crippen molar-refractivity contribution in [2.24, 2.45) is 0 Å². The molecule has 11 heavy (non-hydrogen) atoms. The lowest BCUT2D eigenvalue weighted by Crippen LogP contribution is -2.27.